The van der Waals surface area contributed by atoms with Crippen molar-refractivity contribution >= 4 is 17.6 Å². The molecule has 1 amide bonds. The van der Waals surface area contributed by atoms with Crippen LogP contribution in [0.25, 0.3) is 0 Å². The monoisotopic (exact) mass is 345 g/mol. The predicted molar refractivity (Wildman–Crippen MR) is 88.6 cm³/mol. The minimum Gasteiger partial charge on any atom is -0.480 e. The van der Waals surface area contributed by atoms with Gasteiger partial charge in [0, 0.05) is 11.6 Å². The number of carbonyl (C=O) groups excluding carboxylic acids is 1. The fourth-order valence-corrected chi connectivity index (χ4v) is 3.44. The molecule has 0 bridgehead atoms. The lowest BCUT2D eigenvalue weighted by atomic mass is 9.68. The molecule has 1 heterocycles. The van der Waals surface area contributed by atoms with Crippen molar-refractivity contribution in [3.05, 3.63) is 65.7 Å². The number of hydrogen-bond donors (Lipinski definition) is 1. The van der Waals surface area contributed by atoms with Gasteiger partial charge in [0.15, 0.2) is 0 Å². The van der Waals surface area contributed by atoms with E-state index in [1.165, 1.54) is 6.92 Å². The molecule has 1 N–H and O–H groups in total. The summed E-state index contributed by atoms with van der Waals surface area (Å²) in [5, 5.41) is 9.58. The van der Waals surface area contributed by atoms with Gasteiger partial charge in [-0.15, -0.1) is 0 Å². The van der Waals surface area contributed by atoms with Crippen LogP contribution in [0.4, 0.5) is 14.5 Å². The van der Waals surface area contributed by atoms with E-state index >= 15 is 0 Å². The van der Waals surface area contributed by atoms with Crippen LogP contribution in [0.3, 0.4) is 0 Å². The molecule has 25 heavy (non-hydrogen) atoms. The second-order valence-corrected chi connectivity index (χ2v) is 6.13. The minimum absolute atomic E-state index is 0.0329. The number of amides is 1. The third-order valence-electron chi connectivity index (χ3n) is 4.86. The number of benzene rings is 2. The molecule has 0 radical (unpaired) electrons. The Kier molecular flexibility index (Phi) is 4.29. The van der Waals surface area contributed by atoms with Gasteiger partial charge >= 0.3 is 5.97 Å². The van der Waals surface area contributed by atoms with Crippen LogP contribution in [0, 0.1) is 5.41 Å². The first kappa shape index (κ1) is 17.1. The number of para-hydroxylation sites is 1. The Balaban J connectivity index is 2.18. The molecule has 1 aliphatic heterocycles. The first-order chi connectivity index (χ1) is 11.9. The van der Waals surface area contributed by atoms with E-state index in [1.807, 2.05) is 0 Å². The number of fused-ring (bicyclic) bond motifs is 1. The molecule has 1 aliphatic rings. The second kappa shape index (κ2) is 6.27. The van der Waals surface area contributed by atoms with Crippen molar-refractivity contribution in [1.82, 2.24) is 0 Å². The van der Waals surface area contributed by atoms with Gasteiger partial charge in [0.05, 0.1) is 6.54 Å². The molecule has 2 unspecified atom stereocenters. The highest BCUT2D eigenvalue weighted by Crippen LogP contribution is 2.50. The maximum atomic E-state index is 13.9. The lowest BCUT2D eigenvalue weighted by molar-refractivity contribution is -0.169. The number of carbonyl (C=O) groups is 2. The number of rotatable bonds is 4. The third-order valence-corrected chi connectivity index (χ3v) is 4.86. The molecule has 6 heteroatoms. The molecule has 2 atom stereocenters. The summed E-state index contributed by atoms with van der Waals surface area (Å²) in [6.07, 6.45) is -3.32. The normalized spacial score (nSPS) is 22.8. The van der Waals surface area contributed by atoms with Gasteiger partial charge < -0.3 is 10.0 Å². The molecule has 0 saturated carbocycles. The molecular weight excluding hydrogens is 328 g/mol. The van der Waals surface area contributed by atoms with Crippen LogP contribution in [0.2, 0.25) is 0 Å². The van der Waals surface area contributed by atoms with Crippen molar-refractivity contribution in [3.63, 3.8) is 0 Å². The zero-order valence-corrected chi connectivity index (χ0v) is 13.5. The number of hydrogen-bond acceptors (Lipinski definition) is 2. The van der Waals surface area contributed by atoms with Gasteiger partial charge in [-0.25, -0.2) is 8.78 Å². The van der Waals surface area contributed by atoms with Crippen molar-refractivity contribution in [2.75, 3.05) is 4.90 Å². The van der Waals surface area contributed by atoms with Crippen molar-refractivity contribution in [1.29, 1.82) is 0 Å². The second-order valence-electron chi connectivity index (χ2n) is 6.13. The summed E-state index contributed by atoms with van der Waals surface area (Å²) in [5.74, 6) is -4.02. The summed E-state index contributed by atoms with van der Waals surface area (Å²) in [4.78, 5) is 25.9. The number of carboxylic acid groups (broad SMARTS) is 1. The van der Waals surface area contributed by atoms with Crippen LogP contribution in [0.5, 0.6) is 0 Å². The zero-order valence-electron chi connectivity index (χ0n) is 13.5. The number of anilines is 1. The van der Waals surface area contributed by atoms with E-state index in [4.69, 9.17) is 0 Å². The van der Waals surface area contributed by atoms with Gasteiger partial charge in [0.2, 0.25) is 5.41 Å². The van der Waals surface area contributed by atoms with Crippen LogP contribution >= 0.6 is 0 Å². The molecule has 0 saturated heterocycles. The third kappa shape index (κ3) is 2.49. The van der Waals surface area contributed by atoms with E-state index in [-0.39, 0.29) is 6.54 Å². The Labute approximate surface area is 143 Å². The van der Waals surface area contributed by atoms with E-state index in [9.17, 15) is 23.5 Å². The number of carboxylic acids is 1. The Morgan fingerprint density at radius 1 is 1.16 bits per heavy atom. The molecule has 0 fully saturated rings. The molecule has 0 aromatic heterocycles. The van der Waals surface area contributed by atoms with Gasteiger partial charge in [-0.1, -0.05) is 55.5 Å². The molecule has 2 aromatic carbocycles. The van der Waals surface area contributed by atoms with Crippen molar-refractivity contribution < 1.29 is 23.5 Å². The van der Waals surface area contributed by atoms with E-state index in [1.54, 1.807) is 54.6 Å². The van der Waals surface area contributed by atoms with Gasteiger partial charge in [-0.3, -0.25) is 9.59 Å². The Morgan fingerprint density at radius 3 is 2.36 bits per heavy atom. The fourth-order valence-electron chi connectivity index (χ4n) is 3.44. The summed E-state index contributed by atoms with van der Waals surface area (Å²) >= 11 is 0. The van der Waals surface area contributed by atoms with Gasteiger partial charge in [0.25, 0.3) is 12.3 Å². The molecule has 0 spiro atoms. The van der Waals surface area contributed by atoms with Crippen LogP contribution < -0.4 is 4.90 Å². The van der Waals surface area contributed by atoms with Crippen molar-refractivity contribution in [3.8, 4) is 0 Å². The Bertz CT molecular complexity index is 809. The zero-order chi connectivity index (χ0) is 18.2. The summed E-state index contributed by atoms with van der Waals surface area (Å²) in [7, 11) is 0. The standard InChI is InChI=1S/C19H17F2NO3/c1-12-14-9-5-6-10-15(14)22(11-13-7-3-2-4-8-13)17(23)19(12,16(20)21)18(24)25/h2-10,12,16H,11H2,1H3,(H,24,25). The molecule has 0 aliphatic carbocycles. The van der Waals surface area contributed by atoms with Gasteiger partial charge in [-0.05, 0) is 17.2 Å². The quantitative estimate of drug-likeness (QED) is 0.860. The Hall–Kier alpha value is -2.76. The highest BCUT2D eigenvalue weighted by molar-refractivity contribution is 6.13. The molecule has 2 aromatic rings. The molecular formula is C19H17F2NO3. The smallest absolute Gasteiger partial charge is 0.325 e. The Morgan fingerprint density at radius 2 is 1.76 bits per heavy atom. The lowest BCUT2D eigenvalue weighted by Gasteiger charge is -2.43. The van der Waals surface area contributed by atoms with E-state index in [2.05, 4.69) is 0 Å². The van der Waals surface area contributed by atoms with Crippen LogP contribution in [0.1, 0.15) is 24.0 Å². The number of alkyl halides is 2. The van der Waals surface area contributed by atoms with E-state index < -0.39 is 29.6 Å². The molecule has 4 nitrogen and oxygen atoms in total. The number of halogens is 2. The van der Waals surface area contributed by atoms with Crippen LogP contribution in [-0.4, -0.2) is 23.4 Å². The SMILES string of the molecule is CC1c2ccccc2N(Cc2ccccc2)C(=O)C1(C(=O)O)C(F)F. The highest BCUT2D eigenvalue weighted by atomic mass is 19.3. The van der Waals surface area contributed by atoms with Crippen LogP contribution in [0.15, 0.2) is 54.6 Å². The maximum Gasteiger partial charge on any atom is 0.325 e. The lowest BCUT2D eigenvalue weighted by Crippen LogP contribution is -2.58. The average Bonchev–Trinajstić information content (AvgIpc) is 2.59. The van der Waals surface area contributed by atoms with Crippen molar-refractivity contribution in [2.24, 2.45) is 5.41 Å². The minimum atomic E-state index is -3.32. The number of nitrogens with zero attached hydrogens (tertiary/aromatic N) is 1. The maximum absolute atomic E-state index is 13.9. The van der Waals surface area contributed by atoms with Gasteiger partial charge in [-0.2, -0.15) is 0 Å². The van der Waals surface area contributed by atoms with Gasteiger partial charge in [0.1, 0.15) is 0 Å². The van der Waals surface area contributed by atoms with E-state index in [0.29, 0.717) is 11.3 Å². The first-order valence-electron chi connectivity index (χ1n) is 7.87. The summed E-state index contributed by atoms with van der Waals surface area (Å²) in [6, 6.07) is 15.5. The summed E-state index contributed by atoms with van der Waals surface area (Å²) < 4.78 is 27.8. The summed E-state index contributed by atoms with van der Waals surface area (Å²) in [5.41, 5.74) is -1.15. The average molecular weight is 345 g/mol. The highest BCUT2D eigenvalue weighted by Gasteiger charge is 2.63. The van der Waals surface area contributed by atoms with Crippen molar-refractivity contribution in [2.45, 2.75) is 25.8 Å². The topological polar surface area (TPSA) is 57.6 Å². The van der Waals surface area contributed by atoms with Crippen LogP contribution in [-0.2, 0) is 16.1 Å². The first-order valence-corrected chi connectivity index (χ1v) is 7.87. The molecule has 3 rings (SSSR count). The largest absolute Gasteiger partial charge is 0.480 e. The number of aliphatic carboxylic acids is 1. The fraction of sp³-hybridized carbons (Fsp3) is 0.263. The molecule has 130 valence electrons. The van der Waals surface area contributed by atoms with E-state index in [0.717, 1.165) is 10.5 Å². The summed E-state index contributed by atoms with van der Waals surface area (Å²) in [6.45, 7) is 1.40. The predicted octanol–water partition coefficient (Wildman–Crippen LogP) is 3.67.